The third-order valence-corrected chi connectivity index (χ3v) is 6.43. The Hall–Kier alpha value is -4.79. The second kappa shape index (κ2) is 12.4. The highest BCUT2D eigenvalue weighted by Gasteiger charge is 2.35. The lowest BCUT2D eigenvalue weighted by molar-refractivity contribution is -0.139. The van der Waals surface area contributed by atoms with Crippen LogP contribution in [0.2, 0.25) is 0 Å². The van der Waals surface area contributed by atoms with Crippen molar-refractivity contribution >= 4 is 17.5 Å². The van der Waals surface area contributed by atoms with Crippen LogP contribution in [0, 0.1) is 0 Å². The van der Waals surface area contributed by atoms with Crippen molar-refractivity contribution in [1.29, 1.82) is 0 Å². The molecule has 1 atom stereocenters. The summed E-state index contributed by atoms with van der Waals surface area (Å²) in [4.78, 5) is 23.2. The van der Waals surface area contributed by atoms with E-state index in [2.05, 4.69) is 30.8 Å². The van der Waals surface area contributed by atoms with Crippen LogP contribution in [-0.4, -0.2) is 80.5 Å². The maximum Gasteiger partial charge on any atom is 0.419 e. The minimum absolute atomic E-state index is 0.117. The molecule has 2 aromatic heterocycles. The summed E-state index contributed by atoms with van der Waals surface area (Å²) in [6.07, 6.45) is -0.959. The minimum Gasteiger partial charge on any atom is -0.495 e. The van der Waals surface area contributed by atoms with E-state index in [-0.39, 0.29) is 24.1 Å². The smallest absolute Gasteiger partial charge is 0.419 e. The molecule has 1 N–H and O–H groups in total. The predicted octanol–water partition coefficient (Wildman–Crippen LogP) is 3.84. The summed E-state index contributed by atoms with van der Waals surface area (Å²) in [5.74, 6) is 0.192. The summed E-state index contributed by atoms with van der Waals surface area (Å²) in [6, 6.07) is 8.61. The number of aromatic nitrogens is 6. The molecule has 4 aromatic rings. The molecule has 0 bridgehead atoms. The van der Waals surface area contributed by atoms with Crippen molar-refractivity contribution in [2.24, 2.45) is 0 Å². The van der Waals surface area contributed by atoms with Crippen LogP contribution in [-0.2, 0) is 17.5 Å². The highest BCUT2D eigenvalue weighted by Crippen LogP contribution is 2.39. The summed E-state index contributed by atoms with van der Waals surface area (Å²) in [7, 11) is 1.49. The van der Waals surface area contributed by atoms with Gasteiger partial charge in [0.15, 0.2) is 0 Å². The number of carbonyl (C=O) groups excluding carboxylic acids is 1. The van der Waals surface area contributed by atoms with Gasteiger partial charge >= 0.3 is 6.18 Å². The van der Waals surface area contributed by atoms with Crippen molar-refractivity contribution < 1.29 is 32.2 Å². The van der Waals surface area contributed by atoms with Crippen LogP contribution in [0.5, 0.6) is 11.5 Å². The van der Waals surface area contributed by atoms with Gasteiger partial charge in [-0.25, -0.2) is 14.6 Å². The lowest BCUT2D eigenvalue weighted by Crippen LogP contribution is -2.40. The molecule has 0 saturated carbocycles. The van der Waals surface area contributed by atoms with Crippen LogP contribution in [0.3, 0.4) is 0 Å². The first-order valence-electron chi connectivity index (χ1n) is 12.9. The summed E-state index contributed by atoms with van der Waals surface area (Å²) >= 11 is 0. The number of hydrogen-bond donors (Lipinski definition) is 1. The van der Waals surface area contributed by atoms with Gasteiger partial charge in [-0.2, -0.15) is 13.2 Å². The zero-order valence-corrected chi connectivity index (χ0v) is 22.7. The van der Waals surface area contributed by atoms with E-state index < -0.39 is 17.8 Å². The molecule has 3 heterocycles. The fourth-order valence-electron chi connectivity index (χ4n) is 4.35. The van der Waals surface area contributed by atoms with Crippen LogP contribution < -0.4 is 14.8 Å². The fourth-order valence-corrected chi connectivity index (χ4v) is 4.35. The Kier molecular flexibility index (Phi) is 8.47. The molecule has 12 nitrogen and oxygen atoms in total. The van der Waals surface area contributed by atoms with E-state index in [0.29, 0.717) is 54.4 Å². The number of carbonyl (C=O) groups is 1. The fraction of sp³-hybridized carbons (Fsp3) is 0.333. The molecule has 1 amide bonds. The number of nitrogens with zero attached hydrogens (tertiary/aromatic N) is 7. The van der Waals surface area contributed by atoms with Crippen LogP contribution in [0.15, 0.2) is 55.1 Å². The average molecular weight is 585 g/mol. The summed E-state index contributed by atoms with van der Waals surface area (Å²) in [6.45, 7) is 3.82. The van der Waals surface area contributed by atoms with Gasteiger partial charge in [0, 0.05) is 36.6 Å². The van der Waals surface area contributed by atoms with Gasteiger partial charge in [0.1, 0.15) is 23.9 Å². The van der Waals surface area contributed by atoms with Crippen molar-refractivity contribution in [3.63, 3.8) is 0 Å². The van der Waals surface area contributed by atoms with Crippen molar-refractivity contribution in [3.05, 3.63) is 66.2 Å². The molecule has 1 saturated heterocycles. The Balaban J connectivity index is 1.32. The SMILES string of the molecule is COc1cc(C(=O)N2CCOCC2)ccc1Nc1ncc(-c2ccc(C(F)(F)F)c(OC(C)Cn3cnnn3)c2)cn1. The number of hydrogen-bond acceptors (Lipinski definition) is 10. The largest absolute Gasteiger partial charge is 0.495 e. The number of methoxy groups -OCH3 is 1. The zero-order valence-electron chi connectivity index (χ0n) is 22.7. The number of alkyl halides is 3. The Morgan fingerprint density at radius 1 is 1.07 bits per heavy atom. The molecule has 1 aliphatic rings. The van der Waals surface area contributed by atoms with Gasteiger partial charge in [-0.15, -0.1) is 5.10 Å². The minimum atomic E-state index is -4.62. The molecule has 1 aliphatic heterocycles. The van der Waals surface area contributed by atoms with Crippen LogP contribution in [0.1, 0.15) is 22.8 Å². The summed E-state index contributed by atoms with van der Waals surface area (Å²) < 4.78 is 58.9. The third-order valence-electron chi connectivity index (χ3n) is 6.43. The van der Waals surface area contributed by atoms with Gasteiger partial charge in [-0.3, -0.25) is 4.79 Å². The van der Waals surface area contributed by atoms with E-state index in [9.17, 15) is 18.0 Å². The number of nitrogens with one attached hydrogen (secondary N) is 1. The van der Waals surface area contributed by atoms with Gasteiger partial charge in [0.25, 0.3) is 5.91 Å². The topological polar surface area (TPSA) is 129 Å². The van der Waals surface area contributed by atoms with Crippen LogP contribution >= 0.6 is 0 Å². The lowest BCUT2D eigenvalue weighted by Gasteiger charge is -2.27. The lowest BCUT2D eigenvalue weighted by atomic mass is 10.1. The zero-order chi connectivity index (χ0) is 29.7. The molecule has 0 spiro atoms. The molecule has 0 aliphatic carbocycles. The molecule has 15 heteroatoms. The number of anilines is 2. The summed E-state index contributed by atoms with van der Waals surface area (Å²) in [5, 5.41) is 13.8. The first-order chi connectivity index (χ1) is 20.2. The second-order valence-corrected chi connectivity index (χ2v) is 9.41. The molecule has 2 aromatic carbocycles. The maximum absolute atomic E-state index is 13.7. The molecule has 0 radical (unpaired) electrons. The molecular weight excluding hydrogens is 557 g/mol. The first kappa shape index (κ1) is 28.7. The highest BCUT2D eigenvalue weighted by atomic mass is 19.4. The van der Waals surface area contributed by atoms with Gasteiger partial charge < -0.3 is 24.4 Å². The summed E-state index contributed by atoms with van der Waals surface area (Å²) in [5.41, 5.74) is 1.01. The molecule has 42 heavy (non-hydrogen) atoms. The number of tetrazole rings is 1. The number of halogens is 3. The van der Waals surface area contributed by atoms with Crippen LogP contribution in [0.4, 0.5) is 24.8 Å². The molecule has 1 fully saturated rings. The van der Waals surface area contributed by atoms with E-state index in [1.165, 1.54) is 42.6 Å². The molecule has 220 valence electrons. The molecular formula is C27H27F3N8O4. The average Bonchev–Trinajstić information content (AvgIpc) is 3.50. The van der Waals surface area contributed by atoms with Gasteiger partial charge in [0.2, 0.25) is 5.95 Å². The van der Waals surface area contributed by atoms with E-state index in [0.717, 1.165) is 6.07 Å². The van der Waals surface area contributed by atoms with E-state index in [1.807, 2.05) is 0 Å². The first-order valence-corrected chi connectivity index (χ1v) is 12.9. The quantitative estimate of drug-likeness (QED) is 0.310. The van der Waals surface area contributed by atoms with Crippen LogP contribution in [0.25, 0.3) is 11.1 Å². The van der Waals surface area contributed by atoms with E-state index in [1.54, 1.807) is 30.0 Å². The normalized spacial score (nSPS) is 14.4. The third kappa shape index (κ3) is 6.74. The molecule has 1 unspecified atom stereocenters. The Labute approximate surface area is 238 Å². The van der Waals surface area contributed by atoms with Crippen molar-refractivity contribution in [2.45, 2.75) is 25.7 Å². The van der Waals surface area contributed by atoms with Crippen molar-refractivity contribution in [2.75, 3.05) is 38.7 Å². The number of amides is 1. The van der Waals surface area contributed by atoms with Crippen molar-refractivity contribution in [3.8, 4) is 22.6 Å². The number of benzene rings is 2. The predicted molar refractivity (Wildman–Crippen MR) is 143 cm³/mol. The van der Waals surface area contributed by atoms with E-state index in [4.69, 9.17) is 14.2 Å². The standard InChI is InChI=1S/C27H27F3N8O4/c1-17(15-38-16-33-35-36-38)42-23-11-18(3-5-21(23)27(28,29)30)20-13-31-26(32-14-20)34-22-6-4-19(12-24(22)40-2)25(39)37-7-9-41-10-8-37/h3-6,11-14,16-17H,7-10,15H2,1-2H3,(H,31,32,34). The second-order valence-electron chi connectivity index (χ2n) is 9.41. The number of ether oxygens (including phenoxy) is 3. The van der Waals surface area contributed by atoms with E-state index >= 15 is 0 Å². The monoisotopic (exact) mass is 584 g/mol. The van der Waals surface area contributed by atoms with Gasteiger partial charge in [0.05, 0.1) is 38.1 Å². The van der Waals surface area contributed by atoms with Crippen molar-refractivity contribution in [1.82, 2.24) is 35.1 Å². The number of rotatable bonds is 9. The Morgan fingerprint density at radius 3 is 2.50 bits per heavy atom. The van der Waals surface area contributed by atoms with Gasteiger partial charge in [-0.1, -0.05) is 6.07 Å². The Bertz CT molecular complexity index is 1510. The Morgan fingerprint density at radius 2 is 1.83 bits per heavy atom. The number of morpholine rings is 1. The molecule has 5 rings (SSSR count). The van der Waals surface area contributed by atoms with Gasteiger partial charge in [-0.05, 0) is 53.2 Å². The highest BCUT2D eigenvalue weighted by molar-refractivity contribution is 5.95. The maximum atomic E-state index is 13.7.